The normalized spacial score (nSPS) is 19.4. The van der Waals surface area contributed by atoms with E-state index in [1.54, 1.807) is 29.1 Å². The van der Waals surface area contributed by atoms with Crippen LogP contribution in [0.3, 0.4) is 0 Å². The summed E-state index contributed by atoms with van der Waals surface area (Å²) in [6, 6.07) is 2.33. The molecule has 1 unspecified atom stereocenters. The number of hydrogen-bond acceptors (Lipinski definition) is 12. The van der Waals surface area contributed by atoms with Gasteiger partial charge in [-0.3, -0.25) is 14.5 Å². The predicted molar refractivity (Wildman–Crippen MR) is 125 cm³/mol. The number of carboxylic acid groups (broad SMARTS) is 2. The van der Waals surface area contributed by atoms with Crippen molar-refractivity contribution in [1.29, 1.82) is 0 Å². The molecule has 14 nitrogen and oxygen atoms in total. The molecule has 6 N–H and O–H groups in total. The van der Waals surface area contributed by atoms with Gasteiger partial charge in [-0.2, -0.15) is 4.57 Å². The molecular weight excluding hydrogens is 514 g/mol. The molecule has 0 radical (unpaired) electrons. The minimum atomic E-state index is -1.51. The molecule has 1 fully saturated rings. The number of aliphatic carboxylic acids is 2. The van der Waals surface area contributed by atoms with Gasteiger partial charge in [0.25, 0.3) is 11.8 Å². The lowest BCUT2D eigenvalue weighted by Gasteiger charge is -2.50. The number of oxime groups is 1. The highest BCUT2D eigenvalue weighted by atomic mass is 32.2. The second kappa shape index (κ2) is 10.2. The average Bonchev–Trinajstić information content (AvgIpc) is 3.25. The van der Waals surface area contributed by atoms with E-state index in [4.69, 9.17) is 16.6 Å². The molecular formula is C20H19N7O7S2. The number of amides is 2. The zero-order valence-electron chi connectivity index (χ0n) is 18.3. The van der Waals surface area contributed by atoms with Crippen molar-refractivity contribution in [1.82, 2.24) is 15.2 Å². The second-order valence-electron chi connectivity index (χ2n) is 7.59. The van der Waals surface area contributed by atoms with E-state index in [1.165, 1.54) is 17.1 Å². The minimum absolute atomic E-state index is 0.0251. The zero-order valence-corrected chi connectivity index (χ0v) is 20.0. The summed E-state index contributed by atoms with van der Waals surface area (Å²) in [5, 5.41) is 27.6. The van der Waals surface area contributed by atoms with E-state index >= 15 is 0 Å². The van der Waals surface area contributed by atoms with E-state index in [0.717, 1.165) is 16.2 Å². The van der Waals surface area contributed by atoms with Crippen LogP contribution in [0.5, 0.6) is 0 Å². The number of thiazole rings is 1. The Morgan fingerprint density at radius 1 is 1.39 bits per heavy atom. The molecule has 2 aliphatic heterocycles. The Hall–Kier alpha value is -4.18. The largest absolute Gasteiger partial charge is 0.543 e. The Bertz CT molecular complexity index is 1310. The number of carboxylic acids is 2. The van der Waals surface area contributed by atoms with Crippen LogP contribution in [-0.2, 0) is 30.6 Å². The van der Waals surface area contributed by atoms with Gasteiger partial charge in [0.05, 0.1) is 17.4 Å². The molecule has 2 aromatic heterocycles. The summed E-state index contributed by atoms with van der Waals surface area (Å²) in [7, 11) is 0. The van der Waals surface area contributed by atoms with Crippen molar-refractivity contribution in [3.63, 3.8) is 0 Å². The lowest BCUT2D eigenvalue weighted by molar-refractivity contribution is -0.688. The van der Waals surface area contributed by atoms with E-state index < -0.39 is 41.8 Å². The molecule has 2 amide bonds. The van der Waals surface area contributed by atoms with Gasteiger partial charge in [0.2, 0.25) is 6.61 Å². The van der Waals surface area contributed by atoms with Gasteiger partial charge in [0.1, 0.15) is 17.1 Å². The number of aromatic nitrogens is 2. The number of hydrogen-bond donors (Lipinski definition) is 4. The second-order valence-corrected chi connectivity index (χ2v) is 9.58. The number of nitrogens with one attached hydrogen (secondary N) is 1. The van der Waals surface area contributed by atoms with E-state index in [1.807, 2.05) is 0 Å². The quantitative estimate of drug-likeness (QED) is 0.114. The van der Waals surface area contributed by atoms with Gasteiger partial charge < -0.3 is 36.6 Å². The lowest BCUT2D eigenvalue weighted by Crippen LogP contribution is -2.71. The molecule has 16 heteroatoms. The summed E-state index contributed by atoms with van der Waals surface area (Å²) in [6.45, 7) is -0.628. The Labute approximate surface area is 211 Å². The third-order valence-corrected chi connectivity index (χ3v) is 7.12. The number of nitrogens with zero attached hydrogens (tertiary/aromatic N) is 4. The Kier molecular flexibility index (Phi) is 7.07. The highest BCUT2D eigenvalue weighted by molar-refractivity contribution is 8.00. The summed E-state index contributed by atoms with van der Waals surface area (Å²) < 4.78 is 1.69. The van der Waals surface area contributed by atoms with Crippen molar-refractivity contribution < 1.29 is 38.8 Å². The highest BCUT2D eigenvalue weighted by Gasteiger charge is 2.53. The summed E-state index contributed by atoms with van der Waals surface area (Å²) in [5.41, 5.74) is 11.7. The van der Waals surface area contributed by atoms with Crippen LogP contribution in [0.4, 0.5) is 10.8 Å². The van der Waals surface area contributed by atoms with Crippen molar-refractivity contribution in [3.05, 3.63) is 46.9 Å². The first-order valence-corrected chi connectivity index (χ1v) is 12.1. The summed E-state index contributed by atoms with van der Waals surface area (Å²) >= 11 is 2.29. The monoisotopic (exact) mass is 533 g/mol. The molecule has 188 valence electrons. The number of β-lactam (4-membered cyclic amide) rings is 1. The van der Waals surface area contributed by atoms with Crippen molar-refractivity contribution >= 4 is 63.4 Å². The summed E-state index contributed by atoms with van der Waals surface area (Å²) in [6.07, 6.45) is 3.35. The molecule has 2 atom stereocenters. The maximum Gasteiger partial charge on any atom is 0.344 e. The first kappa shape index (κ1) is 24.9. The van der Waals surface area contributed by atoms with Crippen molar-refractivity contribution in [2.45, 2.75) is 18.0 Å². The summed E-state index contributed by atoms with van der Waals surface area (Å²) in [4.78, 5) is 58.2. The van der Waals surface area contributed by atoms with Gasteiger partial charge in [-0.15, -0.1) is 23.1 Å². The number of anilines is 2. The SMILES string of the molecule is Nc1ccc[n+](CC2=C(C(=O)[O-])N3C(=O)C(NC(=O)C(=NOCC(=O)O)c4csc(N)n4)[C@H]3SC2)c1. The molecule has 0 spiro atoms. The smallest absolute Gasteiger partial charge is 0.344 e. The molecule has 0 aromatic carbocycles. The van der Waals surface area contributed by atoms with Gasteiger partial charge in [-0.05, 0) is 6.07 Å². The van der Waals surface area contributed by atoms with Gasteiger partial charge in [-0.25, -0.2) is 9.78 Å². The number of nitrogens with two attached hydrogens (primary N) is 2. The molecule has 0 aliphatic carbocycles. The number of carbonyl (C=O) groups is 4. The van der Waals surface area contributed by atoms with Gasteiger partial charge >= 0.3 is 5.97 Å². The maximum absolute atomic E-state index is 12.9. The predicted octanol–water partition coefficient (Wildman–Crippen LogP) is -2.50. The fourth-order valence-corrected chi connectivity index (χ4v) is 5.50. The standard InChI is InChI=1S/C20H19N7O7S2/c21-10-2-1-3-26(5-10)4-9-7-35-18-14(17(31)27(18)15(9)19(32)33)24-16(30)13(25-34-6-12(28)29)11-8-36-20(22)23-11/h1-3,5,8,14,18H,4,6-7,21H2,(H4-,22,23,24,28,29,30,32,33)/t14?,18-/m1/s1. The fourth-order valence-electron chi connectivity index (χ4n) is 3.62. The van der Waals surface area contributed by atoms with Crippen LogP contribution < -0.4 is 26.5 Å². The first-order chi connectivity index (χ1) is 17.2. The van der Waals surface area contributed by atoms with Crippen LogP contribution in [0.1, 0.15) is 5.69 Å². The van der Waals surface area contributed by atoms with E-state index in [2.05, 4.69) is 20.3 Å². The van der Waals surface area contributed by atoms with E-state index in [0.29, 0.717) is 11.3 Å². The Balaban J connectivity index is 1.53. The third kappa shape index (κ3) is 5.08. The Morgan fingerprint density at radius 3 is 2.81 bits per heavy atom. The van der Waals surface area contributed by atoms with Crippen molar-refractivity contribution in [2.24, 2.45) is 5.16 Å². The van der Waals surface area contributed by atoms with Gasteiger partial charge in [0, 0.05) is 22.8 Å². The topological polar surface area (TPSA) is 217 Å². The molecule has 2 aromatic rings. The molecule has 36 heavy (non-hydrogen) atoms. The molecule has 4 heterocycles. The van der Waals surface area contributed by atoms with E-state index in [-0.39, 0.29) is 34.5 Å². The summed E-state index contributed by atoms with van der Waals surface area (Å²) in [5.74, 6) is -4.09. The minimum Gasteiger partial charge on any atom is -0.543 e. The fraction of sp³-hybridized carbons (Fsp3) is 0.250. The van der Waals surface area contributed by atoms with Crippen LogP contribution >= 0.6 is 23.1 Å². The zero-order chi connectivity index (χ0) is 26.0. The van der Waals surface area contributed by atoms with Crippen molar-refractivity contribution in [2.75, 3.05) is 23.8 Å². The van der Waals surface area contributed by atoms with Crippen molar-refractivity contribution in [3.8, 4) is 0 Å². The molecule has 0 saturated carbocycles. The lowest BCUT2D eigenvalue weighted by atomic mass is 10.0. The molecule has 4 rings (SSSR count). The van der Waals surface area contributed by atoms with Crippen LogP contribution in [-0.4, -0.2) is 68.2 Å². The molecule has 2 aliphatic rings. The van der Waals surface area contributed by atoms with Crippen LogP contribution in [0.15, 0.2) is 46.3 Å². The number of carbonyl (C=O) groups excluding carboxylic acids is 3. The number of fused-ring (bicyclic) bond motifs is 1. The van der Waals surface area contributed by atoms with E-state index in [9.17, 15) is 24.3 Å². The maximum atomic E-state index is 12.9. The molecule has 0 bridgehead atoms. The Morgan fingerprint density at radius 2 is 2.17 bits per heavy atom. The number of rotatable bonds is 9. The van der Waals surface area contributed by atoms with Gasteiger partial charge in [0.15, 0.2) is 29.8 Å². The average molecular weight is 534 g/mol. The van der Waals surface area contributed by atoms with Crippen LogP contribution in [0, 0.1) is 0 Å². The van der Waals surface area contributed by atoms with Crippen LogP contribution in [0.2, 0.25) is 0 Å². The highest BCUT2D eigenvalue weighted by Crippen LogP contribution is 2.40. The number of nitrogen functional groups attached to an aromatic ring is 2. The number of thioether (sulfide) groups is 1. The van der Waals surface area contributed by atoms with Gasteiger partial charge in [-0.1, -0.05) is 5.16 Å². The molecule has 1 saturated heterocycles. The van der Waals surface area contributed by atoms with Crippen LogP contribution in [0.25, 0.3) is 0 Å². The third-order valence-electron chi connectivity index (χ3n) is 5.11. The first-order valence-electron chi connectivity index (χ1n) is 10.2. The number of pyridine rings is 1.